The molecule has 0 atom stereocenters. The third-order valence-corrected chi connectivity index (χ3v) is 6.56. The number of nitrogens with one attached hydrogen (secondary N) is 1. The van der Waals surface area contributed by atoms with Gasteiger partial charge >= 0.3 is 0 Å². The molecule has 0 aliphatic carbocycles. The Balaban J connectivity index is 1.42. The fraction of sp³-hybridized carbons (Fsp3) is 0.333. The van der Waals surface area contributed by atoms with Crippen molar-refractivity contribution in [2.75, 3.05) is 38.0 Å². The van der Waals surface area contributed by atoms with E-state index in [0.29, 0.717) is 43.3 Å². The number of carbonyl (C=O) groups excluding carboxylic acids is 1. The predicted molar refractivity (Wildman–Crippen MR) is 113 cm³/mol. The first-order chi connectivity index (χ1) is 13.9. The van der Waals surface area contributed by atoms with Crippen molar-refractivity contribution in [2.24, 2.45) is 4.40 Å². The smallest absolute Gasteiger partial charge is 0.286 e. The van der Waals surface area contributed by atoms with Crippen LogP contribution in [0.1, 0.15) is 22.3 Å². The van der Waals surface area contributed by atoms with E-state index in [-0.39, 0.29) is 10.8 Å². The van der Waals surface area contributed by atoms with Gasteiger partial charge in [-0.1, -0.05) is 29.8 Å². The zero-order chi connectivity index (χ0) is 20.4. The lowest BCUT2D eigenvalue weighted by molar-refractivity contribution is 0.0762. The molecular formula is C21H24N4O3S. The van der Waals surface area contributed by atoms with Gasteiger partial charge in [0.2, 0.25) is 0 Å². The van der Waals surface area contributed by atoms with E-state index in [2.05, 4.69) is 14.6 Å². The molecule has 0 bridgehead atoms. The minimum absolute atomic E-state index is 0.0418. The fourth-order valence-corrected chi connectivity index (χ4v) is 4.88. The normalized spacial score (nSPS) is 18.9. The number of amides is 1. The molecule has 2 aromatic rings. The summed E-state index contributed by atoms with van der Waals surface area (Å²) in [7, 11) is -3.68. The minimum Gasteiger partial charge on any atom is -0.341 e. The summed E-state index contributed by atoms with van der Waals surface area (Å²) >= 11 is 0. The van der Waals surface area contributed by atoms with E-state index in [9.17, 15) is 13.2 Å². The Morgan fingerprint density at radius 3 is 2.72 bits per heavy atom. The maximum Gasteiger partial charge on any atom is 0.286 e. The summed E-state index contributed by atoms with van der Waals surface area (Å²) in [5.74, 6) is 0.461. The highest BCUT2D eigenvalue weighted by atomic mass is 32.2. The van der Waals surface area contributed by atoms with Gasteiger partial charge in [0.05, 0.1) is 12.2 Å². The Hall–Kier alpha value is -2.71. The molecule has 2 heterocycles. The molecule has 2 aromatic carbocycles. The van der Waals surface area contributed by atoms with E-state index in [1.54, 1.807) is 24.3 Å². The number of carbonyl (C=O) groups is 1. The molecule has 2 aliphatic rings. The van der Waals surface area contributed by atoms with Crippen molar-refractivity contribution in [3.8, 4) is 0 Å². The average Bonchev–Trinajstić information content (AvgIpc) is 2.92. The Kier molecular flexibility index (Phi) is 5.38. The van der Waals surface area contributed by atoms with Gasteiger partial charge in [0, 0.05) is 31.7 Å². The van der Waals surface area contributed by atoms with Crippen LogP contribution >= 0.6 is 0 Å². The van der Waals surface area contributed by atoms with Gasteiger partial charge < -0.3 is 10.2 Å². The molecule has 1 fully saturated rings. The number of anilines is 1. The topological polar surface area (TPSA) is 82.1 Å². The fourth-order valence-electron chi connectivity index (χ4n) is 3.74. The second-order valence-corrected chi connectivity index (χ2v) is 9.00. The van der Waals surface area contributed by atoms with E-state index in [0.717, 1.165) is 18.5 Å². The lowest BCUT2D eigenvalue weighted by Gasteiger charge is -2.24. The van der Waals surface area contributed by atoms with E-state index in [1.807, 2.05) is 36.1 Å². The minimum atomic E-state index is -3.68. The van der Waals surface area contributed by atoms with Crippen molar-refractivity contribution >= 4 is 27.5 Å². The molecule has 0 aromatic heterocycles. The Morgan fingerprint density at radius 2 is 1.90 bits per heavy atom. The highest BCUT2D eigenvalue weighted by Gasteiger charge is 2.26. The van der Waals surface area contributed by atoms with Gasteiger partial charge in [-0.25, -0.2) is 0 Å². The van der Waals surface area contributed by atoms with Gasteiger partial charge in [0.25, 0.3) is 15.9 Å². The first kappa shape index (κ1) is 19.6. The number of nitrogens with zero attached hydrogens (tertiary/aromatic N) is 3. The van der Waals surface area contributed by atoms with Gasteiger partial charge in [-0.05, 0) is 37.6 Å². The second-order valence-electron chi connectivity index (χ2n) is 7.43. The third-order valence-electron chi connectivity index (χ3n) is 5.19. The largest absolute Gasteiger partial charge is 0.341 e. The summed E-state index contributed by atoms with van der Waals surface area (Å²) < 4.78 is 28.8. The molecule has 1 saturated heterocycles. The molecule has 7 nitrogen and oxygen atoms in total. The summed E-state index contributed by atoms with van der Waals surface area (Å²) in [6, 6.07) is 14.4. The molecule has 0 saturated carbocycles. The van der Waals surface area contributed by atoms with Crippen LogP contribution in [-0.4, -0.2) is 62.7 Å². The molecule has 2 aliphatic heterocycles. The molecule has 29 heavy (non-hydrogen) atoms. The zero-order valence-corrected chi connectivity index (χ0v) is 17.2. The van der Waals surface area contributed by atoms with Crippen LogP contribution in [0.2, 0.25) is 0 Å². The Bertz CT molecular complexity index is 1070. The molecule has 4 rings (SSSR count). The van der Waals surface area contributed by atoms with Gasteiger partial charge in [0.15, 0.2) is 0 Å². The predicted octanol–water partition coefficient (Wildman–Crippen LogP) is 2.36. The number of aryl methyl sites for hydroxylation is 1. The number of para-hydroxylation sites is 1. The maximum atomic E-state index is 12.8. The quantitative estimate of drug-likeness (QED) is 0.837. The standard InChI is InChI=1S/C21H24N4O3S/c1-16-6-4-7-17(14-16)21(26)25-11-5-10-24(12-13-25)15-20-22-18-8-2-3-9-19(18)29(27,28)23-20/h2-4,6-9,14H,5,10-13,15H2,1H3,(H,22,23). The first-order valence-corrected chi connectivity index (χ1v) is 11.1. The van der Waals surface area contributed by atoms with Crippen LogP contribution in [0.4, 0.5) is 5.69 Å². The lowest BCUT2D eigenvalue weighted by Crippen LogP contribution is -2.39. The van der Waals surface area contributed by atoms with Crippen molar-refractivity contribution in [3.05, 3.63) is 59.7 Å². The van der Waals surface area contributed by atoms with Crippen molar-refractivity contribution in [1.29, 1.82) is 0 Å². The molecular weight excluding hydrogens is 388 g/mol. The SMILES string of the molecule is Cc1cccc(C(=O)N2CCCN(CC3=NS(=O)(=O)c4ccccc4N3)CC2)c1. The van der Waals surface area contributed by atoms with E-state index in [4.69, 9.17) is 0 Å². The molecule has 0 unspecified atom stereocenters. The van der Waals surface area contributed by atoms with E-state index >= 15 is 0 Å². The van der Waals surface area contributed by atoms with Crippen LogP contribution in [0.5, 0.6) is 0 Å². The Labute approximate surface area is 171 Å². The molecule has 0 spiro atoms. The van der Waals surface area contributed by atoms with Crippen LogP contribution in [0.15, 0.2) is 57.8 Å². The number of fused-ring (bicyclic) bond motifs is 1. The second kappa shape index (κ2) is 7.96. The first-order valence-electron chi connectivity index (χ1n) is 9.70. The van der Waals surface area contributed by atoms with Crippen molar-refractivity contribution in [3.63, 3.8) is 0 Å². The van der Waals surface area contributed by atoms with Crippen molar-refractivity contribution < 1.29 is 13.2 Å². The molecule has 8 heteroatoms. The Morgan fingerprint density at radius 1 is 1.07 bits per heavy atom. The summed E-state index contributed by atoms with van der Waals surface area (Å²) in [5.41, 5.74) is 2.33. The molecule has 0 radical (unpaired) electrons. The van der Waals surface area contributed by atoms with E-state index in [1.165, 1.54) is 0 Å². The monoisotopic (exact) mass is 412 g/mol. The van der Waals surface area contributed by atoms with Crippen LogP contribution in [0.3, 0.4) is 0 Å². The number of hydrogen-bond acceptors (Lipinski definition) is 5. The molecule has 152 valence electrons. The van der Waals surface area contributed by atoms with Gasteiger partial charge in [-0.2, -0.15) is 8.42 Å². The number of benzene rings is 2. The van der Waals surface area contributed by atoms with Crippen LogP contribution in [0.25, 0.3) is 0 Å². The van der Waals surface area contributed by atoms with Crippen molar-refractivity contribution in [2.45, 2.75) is 18.2 Å². The third kappa shape index (κ3) is 4.33. The van der Waals surface area contributed by atoms with Gasteiger partial charge in [-0.3, -0.25) is 9.69 Å². The highest BCUT2D eigenvalue weighted by Crippen LogP contribution is 2.26. The summed E-state index contributed by atoms with van der Waals surface area (Å²) in [6.45, 7) is 5.11. The van der Waals surface area contributed by atoms with Crippen LogP contribution < -0.4 is 5.32 Å². The van der Waals surface area contributed by atoms with Crippen molar-refractivity contribution in [1.82, 2.24) is 9.80 Å². The van der Waals surface area contributed by atoms with Gasteiger partial charge in [-0.15, -0.1) is 4.40 Å². The van der Waals surface area contributed by atoms with Crippen LogP contribution in [-0.2, 0) is 10.0 Å². The number of sulfonamides is 1. The number of amidine groups is 1. The maximum absolute atomic E-state index is 12.8. The summed E-state index contributed by atoms with van der Waals surface area (Å²) in [6.07, 6.45) is 0.828. The summed E-state index contributed by atoms with van der Waals surface area (Å²) in [4.78, 5) is 17.0. The summed E-state index contributed by atoms with van der Waals surface area (Å²) in [5, 5.41) is 3.13. The average molecular weight is 413 g/mol. The highest BCUT2D eigenvalue weighted by molar-refractivity contribution is 7.90. The van der Waals surface area contributed by atoms with Crippen LogP contribution in [0, 0.1) is 6.92 Å². The number of hydrogen-bond donors (Lipinski definition) is 1. The number of rotatable bonds is 3. The zero-order valence-electron chi connectivity index (χ0n) is 16.3. The molecule has 1 N–H and O–H groups in total. The molecule has 1 amide bonds. The van der Waals surface area contributed by atoms with E-state index < -0.39 is 10.0 Å². The van der Waals surface area contributed by atoms with Gasteiger partial charge in [0.1, 0.15) is 10.7 Å². The lowest BCUT2D eigenvalue weighted by atomic mass is 10.1.